The number of carboxylic acid groups (broad SMARTS) is 1. The molecule has 2 N–H and O–H groups in total. The third-order valence-electron chi connectivity index (χ3n) is 2.98. The van der Waals surface area contributed by atoms with Gasteiger partial charge in [-0.05, 0) is 12.3 Å². The van der Waals surface area contributed by atoms with Crippen LogP contribution in [0.4, 0.5) is 5.82 Å². The van der Waals surface area contributed by atoms with Crippen LogP contribution in [0.2, 0.25) is 0 Å². The molecular weight excluding hydrogens is 258 g/mol. The van der Waals surface area contributed by atoms with Gasteiger partial charge in [-0.1, -0.05) is 27.2 Å². The molecule has 0 radical (unpaired) electrons. The second-order valence-electron chi connectivity index (χ2n) is 5.33. The summed E-state index contributed by atoms with van der Waals surface area (Å²) in [5.41, 5.74) is -0.207. The Labute approximate surface area is 118 Å². The number of anilines is 1. The molecule has 1 rings (SSSR count). The smallest absolute Gasteiger partial charge is 0.308 e. The van der Waals surface area contributed by atoms with E-state index in [9.17, 15) is 9.59 Å². The van der Waals surface area contributed by atoms with E-state index in [0.29, 0.717) is 18.9 Å². The van der Waals surface area contributed by atoms with Gasteiger partial charge in [0.15, 0.2) is 5.82 Å². The lowest BCUT2D eigenvalue weighted by molar-refractivity contribution is -0.141. The van der Waals surface area contributed by atoms with Gasteiger partial charge >= 0.3 is 5.97 Å². The van der Waals surface area contributed by atoms with Crippen molar-refractivity contribution in [3.63, 3.8) is 0 Å². The van der Waals surface area contributed by atoms with Crippen molar-refractivity contribution < 1.29 is 9.90 Å². The van der Waals surface area contributed by atoms with Crippen LogP contribution < -0.4 is 10.9 Å². The molecule has 0 saturated heterocycles. The summed E-state index contributed by atoms with van der Waals surface area (Å²) in [6.45, 7) is 6.83. The molecule has 0 aliphatic carbocycles. The quantitative estimate of drug-likeness (QED) is 0.759. The number of hydrogen-bond donors (Lipinski definition) is 2. The van der Waals surface area contributed by atoms with E-state index in [1.54, 1.807) is 17.0 Å². The monoisotopic (exact) mass is 281 g/mol. The van der Waals surface area contributed by atoms with Gasteiger partial charge in [0.05, 0.1) is 5.92 Å². The predicted octanol–water partition coefficient (Wildman–Crippen LogP) is 1.81. The number of nitrogens with zero attached hydrogens (tertiary/aromatic N) is 2. The molecular formula is C14H23N3O3. The van der Waals surface area contributed by atoms with Crippen LogP contribution in [0.5, 0.6) is 0 Å². The molecule has 1 unspecified atom stereocenters. The van der Waals surface area contributed by atoms with E-state index in [2.05, 4.69) is 10.3 Å². The fraction of sp³-hybridized carbons (Fsp3) is 0.643. The summed E-state index contributed by atoms with van der Waals surface area (Å²) in [6, 6.07) is 0. The molecule has 0 aromatic carbocycles. The Kier molecular flexibility index (Phi) is 6.21. The van der Waals surface area contributed by atoms with E-state index in [0.717, 1.165) is 6.42 Å². The molecule has 1 heterocycles. The first kappa shape index (κ1) is 16.2. The van der Waals surface area contributed by atoms with Gasteiger partial charge in [-0.2, -0.15) is 0 Å². The molecule has 0 saturated carbocycles. The van der Waals surface area contributed by atoms with Crippen LogP contribution in [-0.2, 0) is 11.3 Å². The maximum absolute atomic E-state index is 12.1. The summed E-state index contributed by atoms with van der Waals surface area (Å²) in [5, 5.41) is 11.9. The van der Waals surface area contributed by atoms with Gasteiger partial charge in [-0.3, -0.25) is 9.59 Å². The maximum atomic E-state index is 12.1. The first-order chi connectivity index (χ1) is 9.45. The fourth-order valence-electron chi connectivity index (χ4n) is 1.99. The zero-order valence-corrected chi connectivity index (χ0v) is 12.3. The molecule has 6 nitrogen and oxygen atoms in total. The summed E-state index contributed by atoms with van der Waals surface area (Å²) in [5.74, 6) is -0.775. The lowest BCUT2D eigenvalue weighted by Gasteiger charge is -2.14. The first-order valence-electron chi connectivity index (χ1n) is 6.97. The van der Waals surface area contributed by atoms with Crippen LogP contribution in [0, 0.1) is 11.8 Å². The number of carboxylic acids is 1. The van der Waals surface area contributed by atoms with Crippen molar-refractivity contribution in [2.45, 2.75) is 40.2 Å². The number of aromatic nitrogens is 2. The van der Waals surface area contributed by atoms with Crippen LogP contribution in [0.25, 0.3) is 0 Å². The molecule has 0 bridgehead atoms. The van der Waals surface area contributed by atoms with Gasteiger partial charge < -0.3 is 15.0 Å². The molecule has 1 aromatic rings. The van der Waals surface area contributed by atoms with Crippen LogP contribution in [0.15, 0.2) is 17.2 Å². The Bertz CT molecular complexity index is 497. The zero-order valence-electron chi connectivity index (χ0n) is 12.3. The minimum Gasteiger partial charge on any atom is -0.481 e. The van der Waals surface area contributed by atoms with E-state index >= 15 is 0 Å². The van der Waals surface area contributed by atoms with Gasteiger partial charge in [-0.25, -0.2) is 4.98 Å². The summed E-state index contributed by atoms with van der Waals surface area (Å²) < 4.78 is 1.59. The third-order valence-corrected chi connectivity index (χ3v) is 2.98. The van der Waals surface area contributed by atoms with Gasteiger partial charge in [0.2, 0.25) is 0 Å². The molecule has 112 valence electrons. The Balaban J connectivity index is 2.77. The van der Waals surface area contributed by atoms with Crippen molar-refractivity contribution in [3.8, 4) is 0 Å². The Morgan fingerprint density at radius 1 is 1.50 bits per heavy atom. The molecule has 0 spiro atoms. The van der Waals surface area contributed by atoms with Crippen LogP contribution in [0.1, 0.15) is 33.6 Å². The number of nitrogens with one attached hydrogen (secondary N) is 1. The van der Waals surface area contributed by atoms with Crippen LogP contribution >= 0.6 is 0 Å². The van der Waals surface area contributed by atoms with Crippen LogP contribution in [0.3, 0.4) is 0 Å². The molecule has 0 fully saturated rings. The highest BCUT2D eigenvalue weighted by Gasteiger charge is 2.17. The Hall–Kier alpha value is -1.85. The average molecular weight is 281 g/mol. The fourth-order valence-corrected chi connectivity index (χ4v) is 1.99. The minimum atomic E-state index is -0.849. The van der Waals surface area contributed by atoms with Crippen LogP contribution in [-0.4, -0.2) is 27.2 Å². The summed E-state index contributed by atoms with van der Waals surface area (Å²) in [6.07, 6.45) is 4.57. The molecule has 0 aliphatic heterocycles. The Morgan fingerprint density at radius 3 is 2.75 bits per heavy atom. The van der Waals surface area contributed by atoms with E-state index < -0.39 is 11.9 Å². The van der Waals surface area contributed by atoms with E-state index in [1.807, 2.05) is 20.8 Å². The maximum Gasteiger partial charge on any atom is 0.308 e. The molecule has 0 aliphatic rings. The van der Waals surface area contributed by atoms with Gasteiger partial charge in [0, 0.05) is 25.5 Å². The summed E-state index contributed by atoms with van der Waals surface area (Å²) in [4.78, 5) is 27.2. The highest BCUT2D eigenvalue weighted by atomic mass is 16.4. The largest absolute Gasteiger partial charge is 0.481 e. The first-order valence-corrected chi connectivity index (χ1v) is 6.97. The van der Waals surface area contributed by atoms with E-state index in [4.69, 9.17) is 5.11 Å². The number of carbonyl (C=O) groups is 1. The van der Waals surface area contributed by atoms with Crippen molar-refractivity contribution in [2.75, 3.05) is 11.9 Å². The normalized spacial score (nSPS) is 12.4. The number of hydrogen-bond acceptors (Lipinski definition) is 4. The SMILES string of the molecule is CCCC(CNc1nccn(CC(C)C)c1=O)C(=O)O. The Morgan fingerprint density at radius 2 is 2.20 bits per heavy atom. The topological polar surface area (TPSA) is 84.2 Å². The van der Waals surface area contributed by atoms with E-state index in [-0.39, 0.29) is 17.9 Å². The average Bonchev–Trinajstić information content (AvgIpc) is 2.37. The van der Waals surface area contributed by atoms with E-state index in [1.165, 1.54) is 0 Å². The van der Waals surface area contributed by atoms with Gasteiger partial charge in [0.1, 0.15) is 0 Å². The second kappa shape index (κ2) is 7.67. The lowest BCUT2D eigenvalue weighted by Crippen LogP contribution is -2.29. The zero-order chi connectivity index (χ0) is 15.1. The summed E-state index contributed by atoms with van der Waals surface area (Å²) >= 11 is 0. The predicted molar refractivity (Wildman–Crippen MR) is 77.9 cm³/mol. The third kappa shape index (κ3) is 4.68. The molecule has 1 atom stereocenters. The van der Waals surface area contributed by atoms with Crippen molar-refractivity contribution in [1.82, 2.24) is 9.55 Å². The second-order valence-corrected chi connectivity index (χ2v) is 5.33. The highest BCUT2D eigenvalue weighted by Crippen LogP contribution is 2.07. The van der Waals surface area contributed by atoms with Gasteiger partial charge in [0.25, 0.3) is 5.56 Å². The van der Waals surface area contributed by atoms with Crippen molar-refractivity contribution in [2.24, 2.45) is 11.8 Å². The van der Waals surface area contributed by atoms with Crippen molar-refractivity contribution in [1.29, 1.82) is 0 Å². The van der Waals surface area contributed by atoms with Gasteiger partial charge in [-0.15, -0.1) is 0 Å². The molecule has 1 aromatic heterocycles. The summed E-state index contributed by atoms with van der Waals surface area (Å²) in [7, 11) is 0. The lowest BCUT2D eigenvalue weighted by atomic mass is 10.0. The molecule has 20 heavy (non-hydrogen) atoms. The molecule has 0 amide bonds. The molecule has 6 heteroatoms. The number of aliphatic carboxylic acids is 1. The number of rotatable bonds is 8. The minimum absolute atomic E-state index is 0.207. The van der Waals surface area contributed by atoms with Crippen molar-refractivity contribution in [3.05, 3.63) is 22.7 Å². The highest BCUT2D eigenvalue weighted by molar-refractivity contribution is 5.70. The van der Waals surface area contributed by atoms with Crippen molar-refractivity contribution >= 4 is 11.8 Å². The standard InChI is InChI=1S/C14H23N3O3/c1-4-5-11(14(19)20)8-16-12-13(18)17(7-6-15-12)9-10(2)3/h6-7,10-11H,4-5,8-9H2,1-3H3,(H,15,16)(H,19,20).